The fraction of sp³-hybridized carbons (Fsp3) is 0.235. The number of nitrogens with one attached hydrogen (secondary N) is 2. The minimum atomic E-state index is -0.406. The molecule has 2 N–H and O–H groups in total. The smallest absolute Gasteiger partial charge is 0.246 e. The molecule has 0 aromatic heterocycles. The Bertz CT molecular complexity index is 701. The molecule has 0 bridgehead atoms. The predicted octanol–water partition coefficient (Wildman–Crippen LogP) is 5.05. The fourth-order valence-corrected chi connectivity index (χ4v) is 2.45. The van der Waals surface area contributed by atoms with Crippen LogP contribution >= 0.6 is 23.2 Å². The maximum atomic E-state index is 12.3. The van der Waals surface area contributed by atoms with E-state index >= 15 is 0 Å². The maximum absolute atomic E-state index is 12.3. The van der Waals surface area contributed by atoms with Crippen molar-refractivity contribution in [3.05, 3.63) is 57.6 Å². The topological polar surface area (TPSA) is 41.1 Å². The minimum absolute atomic E-state index is 0.177. The second kappa shape index (κ2) is 7.03. The van der Waals surface area contributed by atoms with Gasteiger partial charge in [-0.05, 0) is 50.6 Å². The van der Waals surface area contributed by atoms with Crippen LogP contribution in [0.4, 0.5) is 11.4 Å². The SMILES string of the molecule is Cc1ccc(NC(C)C(=O)Nc2cc(Cl)ccc2Cl)c(C)c1. The molecular weight excluding hydrogens is 319 g/mol. The van der Waals surface area contributed by atoms with E-state index in [2.05, 4.69) is 16.7 Å². The standard InChI is InChI=1S/C17H18Cl2N2O/c1-10-4-7-15(11(2)8-10)20-12(3)17(22)21-16-9-13(18)5-6-14(16)19/h4-9,12,20H,1-3H3,(H,21,22). The predicted molar refractivity (Wildman–Crippen MR) is 94.1 cm³/mol. The molecule has 22 heavy (non-hydrogen) atoms. The molecule has 0 aliphatic heterocycles. The summed E-state index contributed by atoms with van der Waals surface area (Å²) in [5.41, 5.74) is 3.73. The molecule has 0 aliphatic carbocycles. The first-order valence-electron chi connectivity index (χ1n) is 6.96. The van der Waals surface area contributed by atoms with Gasteiger partial charge in [0.1, 0.15) is 6.04 Å². The summed E-state index contributed by atoms with van der Waals surface area (Å²) in [5, 5.41) is 6.97. The molecule has 0 radical (unpaired) electrons. The number of hydrogen-bond donors (Lipinski definition) is 2. The fourth-order valence-electron chi connectivity index (χ4n) is 2.11. The van der Waals surface area contributed by atoms with Gasteiger partial charge < -0.3 is 10.6 Å². The molecule has 1 unspecified atom stereocenters. The molecule has 1 amide bonds. The van der Waals surface area contributed by atoms with Crippen molar-refractivity contribution in [1.29, 1.82) is 0 Å². The molecule has 2 rings (SSSR count). The Kier molecular flexibility index (Phi) is 5.33. The Morgan fingerprint density at radius 2 is 1.77 bits per heavy atom. The summed E-state index contributed by atoms with van der Waals surface area (Å²) in [5.74, 6) is -0.177. The zero-order chi connectivity index (χ0) is 16.3. The lowest BCUT2D eigenvalue weighted by molar-refractivity contribution is -0.116. The monoisotopic (exact) mass is 336 g/mol. The van der Waals surface area contributed by atoms with Gasteiger partial charge >= 0.3 is 0 Å². The normalized spacial score (nSPS) is 11.9. The minimum Gasteiger partial charge on any atom is -0.374 e. The van der Waals surface area contributed by atoms with Crippen molar-refractivity contribution in [2.75, 3.05) is 10.6 Å². The summed E-state index contributed by atoms with van der Waals surface area (Å²) in [6.45, 7) is 5.84. The highest BCUT2D eigenvalue weighted by molar-refractivity contribution is 6.35. The van der Waals surface area contributed by atoms with Crippen LogP contribution in [0.1, 0.15) is 18.1 Å². The van der Waals surface area contributed by atoms with E-state index in [1.165, 1.54) is 5.56 Å². The number of hydrogen-bond acceptors (Lipinski definition) is 2. The van der Waals surface area contributed by atoms with Gasteiger partial charge in [0.15, 0.2) is 0 Å². The number of anilines is 2. The van der Waals surface area contributed by atoms with Gasteiger partial charge in [0, 0.05) is 10.7 Å². The molecule has 0 saturated carbocycles. The van der Waals surface area contributed by atoms with E-state index in [4.69, 9.17) is 23.2 Å². The van der Waals surface area contributed by atoms with Gasteiger partial charge in [0.05, 0.1) is 10.7 Å². The lowest BCUT2D eigenvalue weighted by atomic mass is 10.1. The van der Waals surface area contributed by atoms with Crippen molar-refractivity contribution < 1.29 is 4.79 Å². The van der Waals surface area contributed by atoms with Crippen molar-refractivity contribution in [2.24, 2.45) is 0 Å². The van der Waals surface area contributed by atoms with Crippen molar-refractivity contribution >= 4 is 40.5 Å². The van der Waals surface area contributed by atoms with E-state index in [0.717, 1.165) is 11.3 Å². The van der Waals surface area contributed by atoms with Crippen LogP contribution < -0.4 is 10.6 Å². The summed E-state index contributed by atoms with van der Waals surface area (Å²) in [6.07, 6.45) is 0. The van der Waals surface area contributed by atoms with Gasteiger partial charge in [0.2, 0.25) is 5.91 Å². The summed E-state index contributed by atoms with van der Waals surface area (Å²) in [4.78, 5) is 12.3. The Morgan fingerprint density at radius 3 is 2.45 bits per heavy atom. The second-order valence-corrected chi connectivity index (χ2v) is 6.14. The maximum Gasteiger partial charge on any atom is 0.246 e. The molecule has 0 saturated heterocycles. The summed E-state index contributed by atoms with van der Waals surface area (Å²) < 4.78 is 0. The first kappa shape index (κ1) is 16.7. The molecule has 0 spiro atoms. The molecule has 0 aliphatic rings. The van der Waals surface area contributed by atoms with Crippen LogP contribution in [0.25, 0.3) is 0 Å². The van der Waals surface area contributed by atoms with Gasteiger partial charge in [0.25, 0.3) is 0 Å². The molecule has 2 aromatic carbocycles. The highest BCUT2D eigenvalue weighted by Gasteiger charge is 2.15. The quantitative estimate of drug-likeness (QED) is 0.820. The van der Waals surface area contributed by atoms with Gasteiger partial charge in [-0.1, -0.05) is 40.9 Å². The lowest BCUT2D eigenvalue weighted by Crippen LogP contribution is -2.32. The van der Waals surface area contributed by atoms with E-state index in [1.807, 2.05) is 26.0 Å². The lowest BCUT2D eigenvalue weighted by Gasteiger charge is -2.17. The third-order valence-electron chi connectivity index (χ3n) is 3.33. The molecule has 2 aromatic rings. The van der Waals surface area contributed by atoms with Crippen molar-refractivity contribution in [2.45, 2.75) is 26.8 Å². The van der Waals surface area contributed by atoms with Crippen LogP contribution in [-0.2, 0) is 4.79 Å². The van der Waals surface area contributed by atoms with Crippen LogP contribution in [0.15, 0.2) is 36.4 Å². The third kappa shape index (κ3) is 4.15. The average molecular weight is 337 g/mol. The molecule has 116 valence electrons. The number of rotatable bonds is 4. The molecule has 5 heteroatoms. The van der Waals surface area contributed by atoms with E-state index < -0.39 is 6.04 Å². The number of carbonyl (C=O) groups excluding carboxylic acids is 1. The Balaban J connectivity index is 2.07. The van der Waals surface area contributed by atoms with E-state index in [9.17, 15) is 4.79 Å². The summed E-state index contributed by atoms with van der Waals surface area (Å²) in [6, 6.07) is 10.6. The first-order chi connectivity index (χ1) is 10.4. The van der Waals surface area contributed by atoms with Gasteiger partial charge in [-0.25, -0.2) is 0 Å². The summed E-state index contributed by atoms with van der Waals surface area (Å²) in [7, 11) is 0. The first-order valence-corrected chi connectivity index (χ1v) is 7.72. The zero-order valence-electron chi connectivity index (χ0n) is 12.7. The average Bonchev–Trinajstić information content (AvgIpc) is 2.45. The Hall–Kier alpha value is -1.71. The van der Waals surface area contributed by atoms with Gasteiger partial charge in [-0.15, -0.1) is 0 Å². The largest absolute Gasteiger partial charge is 0.374 e. The highest BCUT2D eigenvalue weighted by Crippen LogP contribution is 2.25. The van der Waals surface area contributed by atoms with Crippen LogP contribution in [0.3, 0.4) is 0 Å². The number of aryl methyl sites for hydroxylation is 2. The van der Waals surface area contributed by atoms with Crippen molar-refractivity contribution in [1.82, 2.24) is 0 Å². The molecular formula is C17H18Cl2N2O. The second-order valence-electron chi connectivity index (χ2n) is 5.30. The van der Waals surface area contributed by atoms with Crippen molar-refractivity contribution in [3.63, 3.8) is 0 Å². The van der Waals surface area contributed by atoms with Crippen LogP contribution in [0.2, 0.25) is 10.0 Å². The van der Waals surface area contributed by atoms with Gasteiger partial charge in [-0.2, -0.15) is 0 Å². The highest BCUT2D eigenvalue weighted by atomic mass is 35.5. The Morgan fingerprint density at radius 1 is 1.05 bits per heavy atom. The van der Waals surface area contributed by atoms with Crippen molar-refractivity contribution in [3.8, 4) is 0 Å². The van der Waals surface area contributed by atoms with Crippen LogP contribution in [0, 0.1) is 13.8 Å². The Labute approximate surface area is 140 Å². The van der Waals surface area contributed by atoms with Crippen LogP contribution in [-0.4, -0.2) is 11.9 Å². The van der Waals surface area contributed by atoms with Gasteiger partial charge in [-0.3, -0.25) is 4.79 Å². The number of benzene rings is 2. The number of amides is 1. The summed E-state index contributed by atoms with van der Waals surface area (Å²) >= 11 is 12.0. The van der Waals surface area contributed by atoms with E-state index in [0.29, 0.717) is 15.7 Å². The molecule has 0 heterocycles. The van der Waals surface area contributed by atoms with E-state index in [1.54, 1.807) is 25.1 Å². The number of halogens is 2. The third-order valence-corrected chi connectivity index (χ3v) is 3.90. The molecule has 1 atom stereocenters. The zero-order valence-corrected chi connectivity index (χ0v) is 14.2. The van der Waals surface area contributed by atoms with E-state index in [-0.39, 0.29) is 5.91 Å². The van der Waals surface area contributed by atoms with Crippen LogP contribution in [0.5, 0.6) is 0 Å². The molecule has 3 nitrogen and oxygen atoms in total. The number of carbonyl (C=O) groups is 1. The molecule has 0 fully saturated rings.